The van der Waals surface area contributed by atoms with E-state index in [2.05, 4.69) is 13.2 Å². The predicted molar refractivity (Wildman–Crippen MR) is 257 cm³/mol. The van der Waals surface area contributed by atoms with Crippen molar-refractivity contribution in [1.29, 1.82) is 0 Å². The summed E-state index contributed by atoms with van der Waals surface area (Å²) < 4.78 is 88.4. The lowest BCUT2D eigenvalue weighted by atomic mass is 10.1. The minimum Gasteiger partial charge on any atom is -0.497 e. The van der Waals surface area contributed by atoms with E-state index in [1.807, 2.05) is 48.5 Å². The number of esters is 2. The van der Waals surface area contributed by atoms with Crippen LogP contribution in [0, 0.1) is 0 Å². The fourth-order valence-electron chi connectivity index (χ4n) is 6.89. The van der Waals surface area contributed by atoms with Crippen LogP contribution in [0.3, 0.4) is 0 Å². The van der Waals surface area contributed by atoms with Crippen molar-refractivity contribution >= 4 is 32.0 Å². The van der Waals surface area contributed by atoms with Crippen LogP contribution in [0.15, 0.2) is 122 Å². The highest BCUT2D eigenvalue weighted by molar-refractivity contribution is 7.90. The summed E-state index contributed by atoms with van der Waals surface area (Å²) in [4.78, 5) is 23.4. The SMILES string of the molecule is C=CCC[C@@H](CCC(=O)OC)S(=O)(=O)N(Cc1ccc(OC)cc1)Cc1ccc(OC)cc1.C=CCC[C@H](CCC(=O)OC)S(=O)(=O)N(Cc1ccc(OC)cc1)Cc1ccc(OC)cc1. The largest absolute Gasteiger partial charge is 0.497 e. The summed E-state index contributed by atoms with van der Waals surface area (Å²) in [6, 6.07) is 29.2. The Hall–Kier alpha value is -5.68. The molecule has 0 aliphatic heterocycles. The number of hydrogen-bond acceptors (Lipinski definition) is 12. The number of sulfonamides is 2. The number of benzene rings is 4. The molecule has 0 heterocycles. The summed E-state index contributed by atoms with van der Waals surface area (Å²) in [6.07, 6.45) is 5.65. The van der Waals surface area contributed by atoms with Gasteiger partial charge in [-0.1, -0.05) is 60.7 Å². The normalized spacial score (nSPS) is 12.2. The zero-order valence-corrected chi connectivity index (χ0v) is 40.7. The molecule has 66 heavy (non-hydrogen) atoms. The van der Waals surface area contributed by atoms with Gasteiger partial charge in [0.25, 0.3) is 0 Å². The van der Waals surface area contributed by atoms with E-state index in [1.165, 1.54) is 22.8 Å². The molecule has 16 heteroatoms. The average molecular weight is 951 g/mol. The van der Waals surface area contributed by atoms with E-state index in [0.717, 1.165) is 22.3 Å². The van der Waals surface area contributed by atoms with Gasteiger partial charge in [0.15, 0.2) is 0 Å². The van der Waals surface area contributed by atoms with Crippen LogP contribution in [0.4, 0.5) is 0 Å². The Balaban J connectivity index is 0.000000350. The van der Waals surface area contributed by atoms with Gasteiger partial charge < -0.3 is 28.4 Å². The number of methoxy groups -OCH3 is 6. The lowest BCUT2D eigenvalue weighted by Crippen LogP contribution is -2.38. The zero-order valence-electron chi connectivity index (χ0n) is 39.1. The molecule has 0 amide bonds. The van der Waals surface area contributed by atoms with E-state index in [4.69, 9.17) is 28.4 Å². The Morgan fingerprint density at radius 2 is 0.697 bits per heavy atom. The maximum atomic E-state index is 13.8. The van der Waals surface area contributed by atoms with Crippen molar-refractivity contribution in [1.82, 2.24) is 8.61 Å². The first-order valence-electron chi connectivity index (χ1n) is 21.5. The van der Waals surface area contributed by atoms with Gasteiger partial charge in [-0.2, -0.15) is 8.61 Å². The quantitative estimate of drug-likeness (QED) is 0.0394. The molecule has 0 unspecified atom stereocenters. The third-order valence-corrected chi connectivity index (χ3v) is 15.4. The molecule has 0 saturated carbocycles. The Morgan fingerprint density at radius 1 is 0.455 bits per heavy atom. The molecule has 0 radical (unpaired) electrons. The second-order valence-corrected chi connectivity index (χ2v) is 19.7. The number of nitrogens with zero attached hydrogens (tertiary/aromatic N) is 2. The Kier molecular flexibility index (Phi) is 23.5. The molecule has 0 aliphatic rings. The highest BCUT2D eigenvalue weighted by Gasteiger charge is 2.34. The van der Waals surface area contributed by atoms with E-state index in [0.29, 0.717) is 48.7 Å². The van der Waals surface area contributed by atoms with Crippen molar-refractivity contribution in [3.63, 3.8) is 0 Å². The van der Waals surface area contributed by atoms with Crippen LogP contribution in [0.2, 0.25) is 0 Å². The second-order valence-electron chi connectivity index (χ2n) is 15.2. The first-order chi connectivity index (χ1) is 31.7. The van der Waals surface area contributed by atoms with Gasteiger partial charge in [-0.3, -0.25) is 9.59 Å². The van der Waals surface area contributed by atoms with E-state index < -0.39 is 42.5 Å². The van der Waals surface area contributed by atoms with Gasteiger partial charge in [0.2, 0.25) is 20.0 Å². The molecule has 0 spiro atoms. The van der Waals surface area contributed by atoms with Crippen molar-refractivity contribution in [3.8, 4) is 23.0 Å². The number of rotatable bonds is 28. The molecule has 0 aliphatic carbocycles. The van der Waals surface area contributed by atoms with Gasteiger partial charge >= 0.3 is 11.9 Å². The zero-order chi connectivity index (χ0) is 48.5. The molecule has 0 N–H and O–H groups in total. The fourth-order valence-corrected chi connectivity index (χ4v) is 10.7. The Morgan fingerprint density at radius 3 is 0.894 bits per heavy atom. The highest BCUT2D eigenvalue weighted by atomic mass is 32.2. The van der Waals surface area contributed by atoms with Gasteiger partial charge in [0.1, 0.15) is 23.0 Å². The number of carbonyl (C=O) groups excluding carboxylic acids is 2. The Labute approximate surface area is 392 Å². The summed E-state index contributed by atoms with van der Waals surface area (Å²) in [7, 11) is 1.44. The van der Waals surface area contributed by atoms with Crippen LogP contribution in [0.1, 0.15) is 73.6 Å². The minimum atomic E-state index is -3.75. The lowest BCUT2D eigenvalue weighted by Gasteiger charge is -2.28. The summed E-state index contributed by atoms with van der Waals surface area (Å²) in [5, 5.41) is -1.46. The molecule has 4 aromatic rings. The van der Waals surface area contributed by atoms with Crippen molar-refractivity contribution < 1.29 is 54.8 Å². The molecule has 0 bridgehead atoms. The molecule has 360 valence electrons. The number of carbonyl (C=O) groups is 2. The van der Waals surface area contributed by atoms with Crippen molar-refractivity contribution in [2.24, 2.45) is 0 Å². The third kappa shape index (κ3) is 17.6. The molecule has 4 rings (SSSR count). The lowest BCUT2D eigenvalue weighted by molar-refractivity contribution is -0.141. The predicted octanol–water partition coefficient (Wildman–Crippen LogP) is 8.65. The minimum absolute atomic E-state index is 0.0381. The summed E-state index contributed by atoms with van der Waals surface area (Å²) in [5.41, 5.74) is 3.35. The van der Waals surface area contributed by atoms with Crippen LogP contribution >= 0.6 is 0 Å². The molecule has 14 nitrogen and oxygen atoms in total. The van der Waals surface area contributed by atoms with E-state index in [-0.39, 0.29) is 51.9 Å². The van der Waals surface area contributed by atoms with Crippen molar-refractivity contribution in [2.75, 3.05) is 42.7 Å². The maximum absolute atomic E-state index is 13.8. The van der Waals surface area contributed by atoms with E-state index in [9.17, 15) is 26.4 Å². The second kappa shape index (κ2) is 28.4. The van der Waals surface area contributed by atoms with Crippen LogP contribution in [0.25, 0.3) is 0 Å². The third-order valence-electron chi connectivity index (χ3n) is 10.8. The Bertz CT molecular complexity index is 2040. The van der Waals surface area contributed by atoms with Crippen LogP contribution in [-0.2, 0) is 65.3 Å². The number of hydrogen-bond donors (Lipinski definition) is 0. The smallest absolute Gasteiger partial charge is 0.305 e. The topological polar surface area (TPSA) is 164 Å². The molecule has 0 saturated heterocycles. The molecule has 0 fully saturated rings. The monoisotopic (exact) mass is 950 g/mol. The summed E-state index contributed by atoms with van der Waals surface area (Å²) in [6.45, 7) is 8.21. The molecule has 2 atom stereocenters. The summed E-state index contributed by atoms with van der Waals surface area (Å²) in [5.74, 6) is 1.95. The van der Waals surface area contributed by atoms with Crippen LogP contribution in [-0.4, -0.2) is 90.5 Å². The highest BCUT2D eigenvalue weighted by Crippen LogP contribution is 2.27. The standard InChI is InChI=1S/2C25H33NO6S/c2*1-5-6-7-24(16-17-25(27)32-4)33(28,29)26(18-20-8-12-22(30-2)13-9-20)19-21-10-14-23(31-3)15-11-21/h2*5,8-15,24H,1,6-7,16-19H2,2-4H3/t2*24-/m10/s1. The van der Waals surface area contributed by atoms with E-state index >= 15 is 0 Å². The maximum Gasteiger partial charge on any atom is 0.305 e. The molecular weight excluding hydrogens is 885 g/mol. The summed E-state index contributed by atoms with van der Waals surface area (Å²) >= 11 is 0. The number of allylic oxidation sites excluding steroid dienone is 2. The first kappa shape index (κ1) is 54.7. The van der Waals surface area contributed by atoms with Crippen LogP contribution < -0.4 is 18.9 Å². The van der Waals surface area contributed by atoms with E-state index in [1.54, 1.807) is 89.1 Å². The van der Waals surface area contributed by atoms with Crippen LogP contribution in [0.5, 0.6) is 23.0 Å². The van der Waals surface area contributed by atoms with Crippen molar-refractivity contribution in [2.45, 2.75) is 88.0 Å². The van der Waals surface area contributed by atoms with Gasteiger partial charge in [-0.25, -0.2) is 16.8 Å². The molecular formula is C50H66N2O12S2. The van der Waals surface area contributed by atoms with Crippen molar-refractivity contribution in [3.05, 3.63) is 145 Å². The van der Waals surface area contributed by atoms with Gasteiger partial charge in [0.05, 0.1) is 53.2 Å². The first-order valence-corrected chi connectivity index (χ1v) is 24.5. The fraction of sp³-hybridized carbons (Fsp3) is 0.400. The molecule has 0 aromatic heterocycles. The van der Waals surface area contributed by atoms with Gasteiger partial charge in [-0.15, -0.1) is 13.2 Å². The molecule has 4 aromatic carbocycles. The number of ether oxygens (including phenoxy) is 6. The van der Waals surface area contributed by atoms with Gasteiger partial charge in [-0.05, 0) is 109 Å². The van der Waals surface area contributed by atoms with Gasteiger partial charge in [0, 0.05) is 39.0 Å². The average Bonchev–Trinajstić information content (AvgIpc) is 3.34.